The van der Waals surface area contributed by atoms with E-state index < -0.39 is 5.91 Å². The number of nitrogens with zero attached hydrogens (tertiary/aromatic N) is 1. The molecule has 0 atom stereocenters. The van der Waals surface area contributed by atoms with E-state index in [4.69, 9.17) is 5.73 Å². The van der Waals surface area contributed by atoms with E-state index in [9.17, 15) is 4.79 Å². The Morgan fingerprint density at radius 2 is 1.45 bits per heavy atom. The molecule has 0 aliphatic heterocycles. The summed E-state index contributed by atoms with van der Waals surface area (Å²) in [5.74, 6) is 0.678. The molecule has 0 saturated carbocycles. The molecule has 3 rings (SSSR count). The summed E-state index contributed by atoms with van der Waals surface area (Å²) in [7, 11) is 0. The second-order valence-corrected chi connectivity index (χ2v) is 7.35. The molecule has 4 N–H and O–H groups in total. The Morgan fingerprint density at radius 1 is 0.871 bits per heavy atom. The number of amides is 1. The number of guanidine groups is 1. The standard InChI is InChI=1S/C26H30N4O/c1-2-28-26(30-19-20-13-15-23(16-14-20)25(27)31)29-18-17-24(21-9-5-3-6-10-21)22-11-7-4-8-12-22/h3-16,24H,2,17-19H2,1H3,(H2,27,31)(H2,28,29,30). The largest absolute Gasteiger partial charge is 0.366 e. The maximum Gasteiger partial charge on any atom is 0.248 e. The topological polar surface area (TPSA) is 79.5 Å². The summed E-state index contributed by atoms with van der Waals surface area (Å²) in [6.07, 6.45) is 0.950. The van der Waals surface area contributed by atoms with E-state index in [-0.39, 0.29) is 0 Å². The minimum Gasteiger partial charge on any atom is -0.366 e. The van der Waals surface area contributed by atoms with Crippen LogP contribution in [-0.2, 0) is 6.54 Å². The number of benzene rings is 3. The van der Waals surface area contributed by atoms with Gasteiger partial charge < -0.3 is 16.4 Å². The summed E-state index contributed by atoms with van der Waals surface area (Å²) in [5, 5.41) is 6.76. The number of primary amides is 1. The summed E-state index contributed by atoms with van der Waals surface area (Å²) in [4.78, 5) is 15.9. The molecule has 5 nitrogen and oxygen atoms in total. The third kappa shape index (κ3) is 6.71. The van der Waals surface area contributed by atoms with Gasteiger partial charge in [-0.1, -0.05) is 72.8 Å². The molecule has 5 heteroatoms. The number of nitrogens with one attached hydrogen (secondary N) is 2. The third-order valence-corrected chi connectivity index (χ3v) is 5.13. The fraction of sp³-hybridized carbons (Fsp3) is 0.231. The van der Waals surface area contributed by atoms with Gasteiger partial charge in [0, 0.05) is 24.6 Å². The number of carbonyl (C=O) groups is 1. The van der Waals surface area contributed by atoms with Gasteiger partial charge in [-0.2, -0.15) is 0 Å². The van der Waals surface area contributed by atoms with Gasteiger partial charge in [0.1, 0.15) is 0 Å². The van der Waals surface area contributed by atoms with E-state index in [0.29, 0.717) is 18.0 Å². The molecular weight excluding hydrogens is 384 g/mol. The van der Waals surface area contributed by atoms with Gasteiger partial charge in [0.25, 0.3) is 0 Å². The number of hydrogen-bond donors (Lipinski definition) is 3. The predicted octanol–water partition coefficient (Wildman–Crippen LogP) is 4.06. The van der Waals surface area contributed by atoms with Gasteiger partial charge in [-0.15, -0.1) is 0 Å². The molecular formula is C26H30N4O. The van der Waals surface area contributed by atoms with Gasteiger partial charge in [-0.05, 0) is 42.2 Å². The summed E-state index contributed by atoms with van der Waals surface area (Å²) >= 11 is 0. The molecule has 0 spiro atoms. The molecule has 0 heterocycles. The van der Waals surface area contributed by atoms with Crippen molar-refractivity contribution in [3.05, 3.63) is 107 Å². The van der Waals surface area contributed by atoms with Gasteiger partial charge in [0.15, 0.2) is 5.96 Å². The molecule has 1 amide bonds. The number of hydrogen-bond acceptors (Lipinski definition) is 2. The van der Waals surface area contributed by atoms with Gasteiger partial charge in [0.05, 0.1) is 6.54 Å². The van der Waals surface area contributed by atoms with E-state index >= 15 is 0 Å². The zero-order chi connectivity index (χ0) is 21.9. The number of rotatable bonds is 9. The number of aliphatic imine (C=N–C) groups is 1. The minimum atomic E-state index is -0.420. The lowest BCUT2D eigenvalue weighted by Gasteiger charge is -2.19. The minimum absolute atomic E-state index is 0.319. The van der Waals surface area contributed by atoms with Crippen molar-refractivity contribution in [3.8, 4) is 0 Å². The highest BCUT2D eigenvalue weighted by Crippen LogP contribution is 2.27. The zero-order valence-electron chi connectivity index (χ0n) is 17.9. The van der Waals surface area contributed by atoms with Crippen LogP contribution in [0.4, 0.5) is 0 Å². The van der Waals surface area contributed by atoms with Crippen LogP contribution in [0.15, 0.2) is 89.9 Å². The first-order valence-corrected chi connectivity index (χ1v) is 10.7. The Balaban J connectivity index is 1.64. The van der Waals surface area contributed by atoms with Crippen LogP contribution < -0.4 is 16.4 Å². The van der Waals surface area contributed by atoms with Crippen molar-refractivity contribution in [2.75, 3.05) is 13.1 Å². The first kappa shape index (κ1) is 22.1. The summed E-state index contributed by atoms with van der Waals surface area (Å²) < 4.78 is 0. The first-order chi connectivity index (χ1) is 15.2. The molecule has 0 aliphatic carbocycles. The van der Waals surface area contributed by atoms with E-state index in [1.807, 2.05) is 12.1 Å². The van der Waals surface area contributed by atoms with E-state index in [1.54, 1.807) is 12.1 Å². The van der Waals surface area contributed by atoms with Crippen molar-refractivity contribution in [3.63, 3.8) is 0 Å². The lowest BCUT2D eigenvalue weighted by molar-refractivity contribution is 0.100. The highest BCUT2D eigenvalue weighted by molar-refractivity contribution is 5.92. The van der Waals surface area contributed by atoms with Gasteiger partial charge in [0.2, 0.25) is 5.91 Å². The molecule has 0 radical (unpaired) electrons. The van der Waals surface area contributed by atoms with E-state index in [1.165, 1.54) is 11.1 Å². The second-order valence-electron chi connectivity index (χ2n) is 7.35. The van der Waals surface area contributed by atoms with Crippen molar-refractivity contribution in [2.24, 2.45) is 10.7 Å². The van der Waals surface area contributed by atoms with Gasteiger partial charge in [-0.3, -0.25) is 4.79 Å². The Bertz CT molecular complexity index is 930. The lowest BCUT2D eigenvalue weighted by atomic mass is 9.88. The van der Waals surface area contributed by atoms with Crippen molar-refractivity contribution in [2.45, 2.75) is 25.8 Å². The Morgan fingerprint density at radius 3 is 1.97 bits per heavy atom. The molecule has 0 unspecified atom stereocenters. The van der Waals surface area contributed by atoms with Crippen molar-refractivity contribution < 1.29 is 4.79 Å². The molecule has 160 valence electrons. The van der Waals surface area contributed by atoms with Crippen LogP contribution in [0.3, 0.4) is 0 Å². The lowest BCUT2D eigenvalue weighted by Crippen LogP contribution is -2.38. The van der Waals surface area contributed by atoms with Crippen LogP contribution in [0.25, 0.3) is 0 Å². The maximum atomic E-state index is 11.2. The Labute approximate surface area is 184 Å². The van der Waals surface area contributed by atoms with Crippen LogP contribution in [0.2, 0.25) is 0 Å². The predicted molar refractivity (Wildman–Crippen MR) is 127 cm³/mol. The quantitative estimate of drug-likeness (QED) is 0.365. The molecule has 0 fully saturated rings. The first-order valence-electron chi connectivity index (χ1n) is 10.7. The average molecular weight is 415 g/mol. The van der Waals surface area contributed by atoms with Crippen LogP contribution in [0.5, 0.6) is 0 Å². The molecule has 31 heavy (non-hydrogen) atoms. The molecule has 0 saturated heterocycles. The Hall–Kier alpha value is -3.60. The smallest absolute Gasteiger partial charge is 0.248 e. The molecule has 0 aromatic heterocycles. The van der Waals surface area contributed by atoms with Crippen molar-refractivity contribution in [1.29, 1.82) is 0 Å². The van der Waals surface area contributed by atoms with E-state index in [0.717, 1.165) is 31.0 Å². The Kier molecular flexibility index (Phi) is 8.23. The third-order valence-electron chi connectivity index (χ3n) is 5.13. The zero-order valence-corrected chi connectivity index (χ0v) is 17.9. The van der Waals surface area contributed by atoms with Crippen LogP contribution >= 0.6 is 0 Å². The normalized spacial score (nSPS) is 11.4. The second kappa shape index (κ2) is 11.6. The van der Waals surface area contributed by atoms with Crippen molar-refractivity contribution >= 4 is 11.9 Å². The molecule has 3 aromatic rings. The summed E-state index contributed by atoms with van der Waals surface area (Å²) in [6.45, 7) is 4.15. The average Bonchev–Trinajstić information content (AvgIpc) is 2.81. The fourth-order valence-electron chi connectivity index (χ4n) is 3.52. The molecule has 0 bridgehead atoms. The van der Waals surface area contributed by atoms with Crippen LogP contribution in [0.1, 0.15) is 46.3 Å². The van der Waals surface area contributed by atoms with Crippen LogP contribution in [-0.4, -0.2) is 25.0 Å². The molecule has 0 aliphatic rings. The van der Waals surface area contributed by atoms with Gasteiger partial charge in [-0.25, -0.2) is 4.99 Å². The number of carbonyl (C=O) groups excluding carboxylic acids is 1. The maximum absolute atomic E-state index is 11.2. The summed E-state index contributed by atoms with van der Waals surface area (Å²) in [5.41, 5.74) is 9.45. The van der Waals surface area contributed by atoms with E-state index in [2.05, 4.69) is 83.2 Å². The number of nitrogens with two attached hydrogens (primary N) is 1. The highest BCUT2D eigenvalue weighted by Gasteiger charge is 2.13. The van der Waals surface area contributed by atoms with Gasteiger partial charge >= 0.3 is 0 Å². The fourth-order valence-corrected chi connectivity index (χ4v) is 3.52. The SMILES string of the molecule is CCNC(=NCc1ccc(C(N)=O)cc1)NCCC(c1ccccc1)c1ccccc1. The highest BCUT2D eigenvalue weighted by atomic mass is 16.1. The molecule has 3 aromatic carbocycles. The van der Waals surface area contributed by atoms with Crippen molar-refractivity contribution in [1.82, 2.24) is 10.6 Å². The van der Waals surface area contributed by atoms with Crippen LogP contribution in [0, 0.1) is 0 Å². The summed E-state index contributed by atoms with van der Waals surface area (Å²) in [6, 6.07) is 28.4. The monoisotopic (exact) mass is 414 g/mol.